The fraction of sp³-hybridized carbons (Fsp3) is 0.318. The first-order valence-corrected chi connectivity index (χ1v) is 9.10. The molecular weight excluding hydrogens is 326 g/mol. The summed E-state index contributed by atoms with van der Waals surface area (Å²) in [5, 5.41) is 3.72. The van der Waals surface area contributed by atoms with Crippen molar-refractivity contribution in [3.63, 3.8) is 0 Å². The van der Waals surface area contributed by atoms with Gasteiger partial charge in [0.25, 0.3) is 0 Å². The summed E-state index contributed by atoms with van der Waals surface area (Å²) in [6.45, 7) is 2.64. The number of rotatable bonds is 4. The number of esters is 1. The van der Waals surface area contributed by atoms with Crippen molar-refractivity contribution in [2.45, 2.75) is 25.3 Å². The number of hydrogen-bond donors (Lipinski definition) is 1. The van der Waals surface area contributed by atoms with Crippen LogP contribution in [0.1, 0.15) is 46.8 Å². The molecular formula is C22H23NO3. The summed E-state index contributed by atoms with van der Waals surface area (Å²) in [4.78, 5) is 11.7. The number of allylic oxidation sites excluding steroid dienone is 2. The van der Waals surface area contributed by atoms with E-state index in [0.29, 0.717) is 24.0 Å². The van der Waals surface area contributed by atoms with Crippen LogP contribution >= 0.6 is 0 Å². The Morgan fingerprint density at radius 1 is 1.19 bits per heavy atom. The van der Waals surface area contributed by atoms with Gasteiger partial charge in [-0.1, -0.05) is 36.4 Å². The molecule has 0 radical (unpaired) electrons. The van der Waals surface area contributed by atoms with E-state index >= 15 is 0 Å². The molecule has 26 heavy (non-hydrogen) atoms. The van der Waals surface area contributed by atoms with Gasteiger partial charge in [-0.25, -0.2) is 4.79 Å². The molecule has 134 valence electrons. The lowest BCUT2D eigenvalue weighted by Gasteiger charge is -2.38. The Morgan fingerprint density at radius 3 is 2.73 bits per heavy atom. The predicted octanol–water partition coefficient (Wildman–Crippen LogP) is 4.70. The van der Waals surface area contributed by atoms with E-state index in [2.05, 4.69) is 29.6 Å². The molecule has 1 aliphatic carbocycles. The van der Waals surface area contributed by atoms with Gasteiger partial charge in [0, 0.05) is 5.92 Å². The molecule has 4 rings (SSSR count). The van der Waals surface area contributed by atoms with Crippen LogP contribution in [0.2, 0.25) is 0 Å². The summed E-state index contributed by atoms with van der Waals surface area (Å²) >= 11 is 0. The number of ether oxygens (including phenoxy) is 2. The molecule has 2 aliphatic rings. The van der Waals surface area contributed by atoms with Crippen LogP contribution in [-0.2, 0) is 4.74 Å². The van der Waals surface area contributed by atoms with E-state index < -0.39 is 0 Å². The summed E-state index contributed by atoms with van der Waals surface area (Å²) in [5.41, 5.74) is 4.14. The summed E-state index contributed by atoms with van der Waals surface area (Å²) < 4.78 is 10.7. The van der Waals surface area contributed by atoms with Gasteiger partial charge in [-0.2, -0.15) is 0 Å². The molecule has 2 aromatic carbocycles. The standard InChI is InChI=1S/C22H23NO3/c1-3-26-19-9-5-8-18-16-6-4-7-17(16)20(23-21(18)19)14-10-12-15(13-11-14)22(24)25-2/h4-6,8-13,16-17,20,23H,3,7H2,1-2H3. The van der Waals surface area contributed by atoms with Gasteiger partial charge >= 0.3 is 5.97 Å². The zero-order valence-electron chi connectivity index (χ0n) is 15.1. The molecule has 3 unspecified atom stereocenters. The van der Waals surface area contributed by atoms with E-state index in [1.54, 1.807) is 0 Å². The van der Waals surface area contributed by atoms with Crippen molar-refractivity contribution in [3.8, 4) is 5.75 Å². The van der Waals surface area contributed by atoms with Crippen LogP contribution in [0.3, 0.4) is 0 Å². The molecule has 4 nitrogen and oxygen atoms in total. The molecule has 0 fully saturated rings. The van der Waals surface area contributed by atoms with Crippen molar-refractivity contribution in [2.24, 2.45) is 5.92 Å². The number of methoxy groups -OCH3 is 1. The fourth-order valence-corrected chi connectivity index (χ4v) is 4.14. The average Bonchev–Trinajstić information content (AvgIpc) is 3.17. The van der Waals surface area contributed by atoms with Gasteiger partial charge in [-0.05, 0) is 48.6 Å². The summed E-state index contributed by atoms with van der Waals surface area (Å²) in [7, 11) is 1.40. The fourth-order valence-electron chi connectivity index (χ4n) is 4.14. The van der Waals surface area contributed by atoms with Crippen LogP contribution in [-0.4, -0.2) is 19.7 Å². The Labute approximate surface area is 153 Å². The van der Waals surface area contributed by atoms with Crippen LogP contribution in [0.25, 0.3) is 0 Å². The second-order valence-corrected chi connectivity index (χ2v) is 6.74. The molecule has 0 amide bonds. The van der Waals surface area contributed by atoms with Crippen LogP contribution in [0, 0.1) is 5.92 Å². The second kappa shape index (κ2) is 6.87. The minimum absolute atomic E-state index is 0.177. The third-order valence-corrected chi connectivity index (χ3v) is 5.35. The van der Waals surface area contributed by atoms with Crippen LogP contribution in [0.5, 0.6) is 5.75 Å². The summed E-state index contributed by atoms with van der Waals surface area (Å²) in [6, 6.07) is 14.2. The molecule has 1 aliphatic heterocycles. The van der Waals surface area contributed by atoms with Gasteiger partial charge in [0.05, 0.1) is 31.0 Å². The molecule has 3 atom stereocenters. The number of para-hydroxylation sites is 1. The highest BCUT2D eigenvalue weighted by molar-refractivity contribution is 5.89. The van der Waals surface area contributed by atoms with Crippen LogP contribution in [0.15, 0.2) is 54.6 Å². The Morgan fingerprint density at radius 2 is 2.00 bits per heavy atom. The monoisotopic (exact) mass is 349 g/mol. The molecule has 0 aromatic heterocycles. The predicted molar refractivity (Wildman–Crippen MR) is 102 cm³/mol. The van der Waals surface area contributed by atoms with Gasteiger partial charge in [0.15, 0.2) is 0 Å². The first kappa shape index (κ1) is 16.7. The van der Waals surface area contributed by atoms with Gasteiger partial charge in [0.1, 0.15) is 5.75 Å². The highest BCUT2D eigenvalue weighted by Crippen LogP contribution is 2.52. The SMILES string of the molecule is CCOc1cccc2c1NC(c1ccc(C(=O)OC)cc1)C1CC=CC21. The molecule has 0 spiro atoms. The molecule has 0 saturated carbocycles. The minimum atomic E-state index is -0.308. The maximum absolute atomic E-state index is 11.7. The second-order valence-electron chi connectivity index (χ2n) is 6.74. The highest BCUT2D eigenvalue weighted by Gasteiger charge is 2.38. The van der Waals surface area contributed by atoms with Crippen molar-refractivity contribution in [3.05, 3.63) is 71.3 Å². The van der Waals surface area contributed by atoms with Crippen molar-refractivity contribution >= 4 is 11.7 Å². The van der Waals surface area contributed by atoms with Crippen molar-refractivity contribution in [2.75, 3.05) is 19.0 Å². The van der Waals surface area contributed by atoms with Crippen molar-refractivity contribution in [1.29, 1.82) is 0 Å². The number of carbonyl (C=O) groups is 1. The van der Waals surface area contributed by atoms with Crippen molar-refractivity contribution < 1.29 is 14.3 Å². The zero-order chi connectivity index (χ0) is 18.1. The topological polar surface area (TPSA) is 47.6 Å². The van der Waals surface area contributed by atoms with Gasteiger partial charge < -0.3 is 14.8 Å². The van der Waals surface area contributed by atoms with Crippen LogP contribution < -0.4 is 10.1 Å². The van der Waals surface area contributed by atoms with Gasteiger partial charge in [-0.3, -0.25) is 0 Å². The largest absolute Gasteiger partial charge is 0.492 e. The highest BCUT2D eigenvalue weighted by atomic mass is 16.5. The van der Waals surface area contributed by atoms with E-state index in [9.17, 15) is 4.79 Å². The molecule has 0 bridgehead atoms. The smallest absolute Gasteiger partial charge is 0.337 e. The lowest BCUT2D eigenvalue weighted by molar-refractivity contribution is 0.0600. The van der Waals surface area contributed by atoms with Crippen molar-refractivity contribution in [1.82, 2.24) is 0 Å². The van der Waals surface area contributed by atoms with E-state index in [4.69, 9.17) is 9.47 Å². The van der Waals surface area contributed by atoms with Gasteiger partial charge in [0.2, 0.25) is 0 Å². The number of carbonyl (C=O) groups excluding carboxylic acids is 1. The molecule has 4 heteroatoms. The lowest BCUT2D eigenvalue weighted by atomic mass is 9.77. The Hall–Kier alpha value is -2.75. The average molecular weight is 349 g/mol. The number of benzene rings is 2. The lowest BCUT2D eigenvalue weighted by Crippen LogP contribution is -2.29. The summed E-state index contributed by atoms with van der Waals surface area (Å²) in [5.74, 6) is 1.44. The maximum atomic E-state index is 11.7. The number of anilines is 1. The van der Waals surface area contributed by atoms with E-state index in [0.717, 1.165) is 17.9 Å². The number of hydrogen-bond acceptors (Lipinski definition) is 4. The molecule has 1 N–H and O–H groups in total. The quantitative estimate of drug-likeness (QED) is 0.642. The Bertz CT molecular complexity index is 841. The third-order valence-electron chi connectivity index (χ3n) is 5.35. The first-order chi connectivity index (χ1) is 12.7. The normalized spacial score (nSPS) is 22.9. The number of fused-ring (bicyclic) bond motifs is 3. The zero-order valence-corrected chi connectivity index (χ0v) is 15.1. The van der Waals surface area contributed by atoms with Crippen LogP contribution in [0.4, 0.5) is 5.69 Å². The maximum Gasteiger partial charge on any atom is 0.337 e. The third kappa shape index (κ3) is 2.75. The summed E-state index contributed by atoms with van der Waals surface area (Å²) in [6.07, 6.45) is 5.63. The Kier molecular flexibility index (Phi) is 4.41. The van der Waals surface area contributed by atoms with E-state index in [-0.39, 0.29) is 12.0 Å². The first-order valence-electron chi connectivity index (χ1n) is 9.10. The molecule has 0 saturated heterocycles. The molecule has 2 aromatic rings. The Balaban J connectivity index is 1.71. The number of nitrogens with one attached hydrogen (secondary N) is 1. The van der Waals surface area contributed by atoms with Gasteiger partial charge in [-0.15, -0.1) is 0 Å². The molecule has 1 heterocycles. The van der Waals surface area contributed by atoms with E-state index in [1.165, 1.54) is 18.2 Å². The minimum Gasteiger partial charge on any atom is -0.492 e. The van der Waals surface area contributed by atoms with E-state index in [1.807, 2.05) is 37.3 Å².